The second-order valence-electron chi connectivity index (χ2n) is 5.43. The Labute approximate surface area is 144 Å². The average Bonchev–Trinajstić information content (AvgIpc) is 2.97. The average molecular weight is 346 g/mol. The molecule has 0 saturated heterocycles. The lowest BCUT2D eigenvalue weighted by Crippen LogP contribution is -2.30. The van der Waals surface area contributed by atoms with Crippen molar-refractivity contribution >= 4 is 23.5 Å². The summed E-state index contributed by atoms with van der Waals surface area (Å²) in [5.74, 6) is 0.0556. The number of benzene rings is 2. The Hall–Kier alpha value is -2.53. The number of halogens is 1. The number of ether oxygens (including phenoxy) is 2. The number of hydrogen-bond donors (Lipinski definition) is 1. The van der Waals surface area contributed by atoms with Gasteiger partial charge in [-0.2, -0.15) is 0 Å². The molecule has 24 heavy (non-hydrogen) atoms. The third-order valence-electron chi connectivity index (χ3n) is 3.88. The molecule has 5 nitrogen and oxygen atoms in total. The van der Waals surface area contributed by atoms with Gasteiger partial charge in [0.2, 0.25) is 0 Å². The summed E-state index contributed by atoms with van der Waals surface area (Å²) < 4.78 is 10.2. The first-order valence-electron chi connectivity index (χ1n) is 7.46. The minimum absolute atomic E-state index is 0.0453. The van der Waals surface area contributed by atoms with Crippen LogP contribution in [0, 0.1) is 0 Å². The maximum absolute atomic E-state index is 12.6. The van der Waals surface area contributed by atoms with Gasteiger partial charge in [-0.15, -0.1) is 0 Å². The van der Waals surface area contributed by atoms with E-state index in [0.29, 0.717) is 28.5 Å². The van der Waals surface area contributed by atoms with Crippen LogP contribution in [0.2, 0.25) is 5.02 Å². The van der Waals surface area contributed by atoms with Gasteiger partial charge in [-0.05, 0) is 29.8 Å². The summed E-state index contributed by atoms with van der Waals surface area (Å²) >= 11 is 6.02. The van der Waals surface area contributed by atoms with E-state index in [4.69, 9.17) is 16.3 Å². The highest BCUT2D eigenvalue weighted by molar-refractivity contribution is 6.30. The fraction of sp³-hybridized carbons (Fsp3) is 0.222. The van der Waals surface area contributed by atoms with Gasteiger partial charge in [-0.3, -0.25) is 9.59 Å². The summed E-state index contributed by atoms with van der Waals surface area (Å²) in [4.78, 5) is 24.1. The van der Waals surface area contributed by atoms with E-state index in [1.54, 1.807) is 42.5 Å². The molecule has 0 fully saturated rings. The first-order valence-corrected chi connectivity index (χ1v) is 7.84. The maximum Gasteiger partial charge on any atom is 0.310 e. The minimum Gasteiger partial charge on any atom is -0.491 e. The summed E-state index contributed by atoms with van der Waals surface area (Å²) in [6, 6.07) is 12.0. The van der Waals surface area contributed by atoms with Crippen LogP contribution < -0.4 is 10.1 Å². The Morgan fingerprint density at radius 2 is 2.08 bits per heavy atom. The molecule has 124 valence electrons. The Balaban J connectivity index is 1.80. The summed E-state index contributed by atoms with van der Waals surface area (Å²) in [6.07, 6.45) is 0.0453. The highest BCUT2D eigenvalue weighted by Gasteiger charge is 2.27. The maximum atomic E-state index is 12.6. The molecule has 1 amide bonds. The predicted octanol–water partition coefficient (Wildman–Crippen LogP) is 2.92. The van der Waals surface area contributed by atoms with Gasteiger partial charge in [0.05, 0.1) is 19.6 Å². The number of esters is 1. The number of nitrogens with one attached hydrogen (secondary N) is 1. The van der Waals surface area contributed by atoms with Crippen molar-refractivity contribution < 1.29 is 19.1 Å². The Bertz CT molecular complexity index is 790. The van der Waals surface area contributed by atoms with Crippen molar-refractivity contribution in [1.29, 1.82) is 0 Å². The topological polar surface area (TPSA) is 64.6 Å². The summed E-state index contributed by atoms with van der Waals surface area (Å²) in [5.41, 5.74) is 1.91. The lowest BCUT2D eigenvalue weighted by molar-refractivity contribution is -0.139. The zero-order chi connectivity index (χ0) is 17.1. The highest BCUT2D eigenvalue weighted by Crippen LogP contribution is 2.34. The number of amides is 1. The van der Waals surface area contributed by atoms with Gasteiger partial charge >= 0.3 is 5.97 Å². The number of hydrogen-bond acceptors (Lipinski definition) is 4. The van der Waals surface area contributed by atoms with Crippen LogP contribution in [0.5, 0.6) is 5.75 Å². The van der Waals surface area contributed by atoms with Crippen LogP contribution in [0.4, 0.5) is 0 Å². The molecule has 1 unspecified atom stereocenters. The zero-order valence-corrected chi connectivity index (χ0v) is 13.8. The van der Waals surface area contributed by atoms with Crippen LogP contribution in [-0.2, 0) is 16.0 Å². The quantitative estimate of drug-likeness (QED) is 0.865. The normalized spacial score (nSPS) is 15.3. The number of rotatable bonds is 4. The van der Waals surface area contributed by atoms with Gasteiger partial charge < -0.3 is 14.8 Å². The molecule has 1 atom stereocenters. The molecule has 0 aliphatic carbocycles. The number of carbonyl (C=O) groups is 2. The van der Waals surface area contributed by atoms with Crippen molar-refractivity contribution in [3.63, 3.8) is 0 Å². The van der Waals surface area contributed by atoms with Gasteiger partial charge in [0.1, 0.15) is 12.4 Å². The van der Waals surface area contributed by atoms with Crippen LogP contribution in [0.3, 0.4) is 0 Å². The van der Waals surface area contributed by atoms with Crippen molar-refractivity contribution in [3.05, 3.63) is 64.2 Å². The molecule has 0 spiro atoms. The van der Waals surface area contributed by atoms with E-state index in [-0.39, 0.29) is 18.4 Å². The molecule has 1 aliphatic rings. The SMILES string of the molecule is COC(=O)Cc1ccccc1C(=O)NC1COc2ccc(Cl)cc21. The van der Waals surface area contributed by atoms with Crippen molar-refractivity contribution in [1.82, 2.24) is 5.32 Å². The highest BCUT2D eigenvalue weighted by atomic mass is 35.5. The van der Waals surface area contributed by atoms with Crippen molar-refractivity contribution in [2.75, 3.05) is 13.7 Å². The molecule has 6 heteroatoms. The Kier molecular flexibility index (Phi) is 4.71. The number of carbonyl (C=O) groups excluding carboxylic acids is 2. The van der Waals surface area contributed by atoms with Gasteiger partial charge in [0.25, 0.3) is 5.91 Å². The molecule has 1 heterocycles. The van der Waals surface area contributed by atoms with E-state index in [1.165, 1.54) is 7.11 Å². The first-order chi connectivity index (χ1) is 11.6. The van der Waals surface area contributed by atoms with Gasteiger partial charge in [0.15, 0.2) is 0 Å². The Morgan fingerprint density at radius 3 is 2.88 bits per heavy atom. The lowest BCUT2D eigenvalue weighted by Gasteiger charge is -2.14. The first kappa shape index (κ1) is 16.3. The van der Waals surface area contributed by atoms with E-state index in [0.717, 1.165) is 5.56 Å². The second kappa shape index (κ2) is 6.93. The standard InChI is InChI=1S/C18H16ClNO4/c1-23-17(21)8-11-4-2-3-5-13(11)18(22)20-15-10-24-16-7-6-12(19)9-14(15)16/h2-7,9,15H,8,10H2,1H3,(H,20,22). The molecule has 0 aromatic heterocycles. The molecular weight excluding hydrogens is 330 g/mol. The van der Waals surface area contributed by atoms with Gasteiger partial charge in [-0.1, -0.05) is 29.8 Å². The number of methoxy groups -OCH3 is 1. The van der Waals surface area contributed by atoms with Crippen molar-refractivity contribution in [2.24, 2.45) is 0 Å². The predicted molar refractivity (Wildman–Crippen MR) is 89.3 cm³/mol. The summed E-state index contributed by atoms with van der Waals surface area (Å²) in [7, 11) is 1.32. The molecule has 1 N–H and O–H groups in total. The van der Waals surface area contributed by atoms with E-state index in [9.17, 15) is 9.59 Å². The van der Waals surface area contributed by atoms with Crippen LogP contribution >= 0.6 is 11.6 Å². The van der Waals surface area contributed by atoms with Crippen molar-refractivity contribution in [3.8, 4) is 5.75 Å². The lowest BCUT2D eigenvalue weighted by atomic mass is 10.0. The van der Waals surface area contributed by atoms with Crippen LogP contribution in [-0.4, -0.2) is 25.6 Å². The summed E-state index contributed by atoms with van der Waals surface area (Å²) in [5, 5.41) is 3.52. The van der Waals surface area contributed by atoms with Gasteiger partial charge in [0, 0.05) is 16.1 Å². The molecule has 2 aromatic rings. The summed E-state index contributed by atoms with van der Waals surface area (Å²) in [6.45, 7) is 0.348. The fourth-order valence-electron chi connectivity index (χ4n) is 2.67. The third-order valence-corrected chi connectivity index (χ3v) is 4.12. The molecule has 0 radical (unpaired) electrons. The zero-order valence-electron chi connectivity index (χ0n) is 13.0. The third kappa shape index (κ3) is 3.36. The Morgan fingerprint density at radius 1 is 1.29 bits per heavy atom. The van der Waals surface area contributed by atoms with E-state index >= 15 is 0 Å². The smallest absolute Gasteiger partial charge is 0.310 e. The van der Waals surface area contributed by atoms with E-state index in [2.05, 4.69) is 10.1 Å². The molecule has 0 saturated carbocycles. The second-order valence-corrected chi connectivity index (χ2v) is 5.87. The minimum atomic E-state index is -0.392. The van der Waals surface area contributed by atoms with Crippen molar-refractivity contribution in [2.45, 2.75) is 12.5 Å². The van der Waals surface area contributed by atoms with Gasteiger partial charge in [-0.25, -0.2) is 0 Å². The largest absolute Gasteiger partial charge is 0.491 e. The van der Waals surface area contributed by atoms with E-state index < -0.39 is 5.97 Å². The molecule has 3 rings (SSSR count). The molecule has 0 bridgehead atoms. The van der Waals surface area contributed by atoms with Crippen LogP contribution in [0.1, 0.15) is 27.5 Å². The molecule has 2 aromatic carbocycles. The monoisotopic (exact) mass is 345 g/mol. The van der Waals surface area contributed by atoms with Crippen LogP contribution in [0.25, 0.3) is 0 Å². The van der Waals surface area contributed by atoms with Crippen LogP contribution in [0.15, 0.2) is 42.5 Å². The fourth-order valence-corrected chi connectivity index (χ4v) is 2.85. The molecular formula is C18H16ClNO4. The molecule has 1 aliphatic heterocycles. The number of fused-ring (bicyclic) bond motifs is 1. The van der Waals surface area contributed by atoms with E-state index in [1.807, 2.05) is 0 Å².